The minimum absolute atomic E-state index is 0.0418. The van der Waals surface area contributed by atoms with Crippen molar-refractivity contribution in [1.82, 2.24) is 25.2 Å². The molecular weight excluding hydrogens is 430 g/mol. The van der Waals surface area contributed by atoms with E-state index in [0.29, 0.717) is 19.6 Å². The van der Waals surface area contributed by atoms with Gasteiger partial charge >= 0.3 is 6.09 Å². The molecule has 0 saturated carbocycles. The Morgan fingerprint density at radius 1 is 1.29 bits per heavy atom. The third-order valence-corrected chi connectivity index (χ3v) is 5.70. The van der Waals surface area contributed by atoms with Gasteiger partial charge in [-0.25, -0.2) is 9.78 Å². The molecule has 9 heteroatoms. The lowest BCUT2D eigenvalue weighted by molar-refractivity contribution is 0.0562. The number of carbonyl (C=O) groups is 1. The number of guanidine groups is 1. The van der Waals surface area contributed by atoms with Crippen LogP contribution >= 0.6 is 0 Å². The molecule has 2 aromatic heterocycles. The number of aromatic nitrogens is 3. The van der Waals surface area contributed by atoms with Gasteiger partial charge in [0.1, 0.15) is 11.4 Å². The summed E-state index contributed by atoms with van der Waals surface area (Å²) >= 11 is 0. The van der Waals surface area contributed by atoms with Crippen LogP contribution in [0.5, 0.6) is 0 Å². The third-order valence-electron chi connectivity index (χ3n) is 5.70. The molecule has 0 spiro atoms. The van der Waals surface area contributed by atoms with Gasteiger partial charge < -0.3 is 15.5 Å². The molecule has 180 valence electrons. The second kappa shape index (κ2) is 10.2. The number of hydrogen-bond acceptors (Lipinski definition) is 6. The van der Waals surface area contributed by atoms with Crippen molar-refractivity contribution in [2.24, 2.45) is 10.7 Å². The number of alkyl carbamates (subject to hydrolysis) is 1. The number of imidazole rings is 1. The van der Waals surface area contributed by atoms with Crippen molar-refractivity contribution >= 4 is 23.1 Å². The fraction of sp³-hybridized carbons (Fsp3) is 0.440. The number of aliphatic imine (C=N–C) groups is 1. The molecule has 1 amide bonds. The van der Waals surface area contributed by atoms with Crippen LogP contribution in [0, 0.1) is 0 Å². The number of H-pyrrole nitrogens is 1. The van der Waals surface area contributed by atoms with Gasteiger partial charge in [-0.3, -0.25) is 20.2 Å². The molecule has 9 nitrogen and oxygen atoms in total. The van der Waals surface area contributed by atoms with E-state index >= 15 is 0 Å². The average Bonchev–Trinajstić information content (AvgIpc) is 3.19. The highest BCUT2D eigenvalue weighted by molar-refractivity contribution is 5.92. The van der Waals surface area contributed by atoms with Crippen LogP contribution in [0.1, 0.15) is 56.7 Å². The number of pyridine rings is 1. The third kappa shape index (κ3) is 6.11. The number of rotatable bonds is 6. The Kier molecular flexibility index (Phi) is 7.12. The summed E-state index contributed by atoms with van der Waals surface area (Å²) in [7, 11) is 0. The van der Waals surface area contributed by atoms with Gasteiger partial charge in [0.15, 0.2) is 5.96 Å². The first-order valence-corrected chi connectivity index (χ1v) is 11.7. The van der Waals surface area contributed by atoms with E-state index in [1.54, 1.807) is 20.8 Å². The molecule has 3 aromatic rings. The Balaban J connectivity index is 1.49. The van der Waals surface area contributed by atoms with Crippen molar-refractivity contribution in [2.75, 3.05) is 13.1 Å². The summed E-state index contributed by atoms with van der Waals surface area (Å²) in [5.74, 6) is 0.938. The molecule has 4 rings (SSSR count). The number of para-hydroxylation sites is 2. The van der Waals surface area contributed by atoms with Crippen molar-refractivity contribution in [3.05, 3.63) is 59.7 Å². The number of fused-ring (bicyclic) bond motifs is 2. The molecule has 1 aromatic carbocycles. The van der Waals surface area contributed by atoms with Gasteiger partial charge in [-0.1, -0.05) is 18.2 Å². The lowest BCUT2D eigenvalue weighted by atomic mass is 9.91. The van der Waals surface area contributed by atoms with Gasteiger partial charge in [-0.15, -0.1) is 0 Å². The van der Waals surface area contributed by atoms with Crippen molar-refractivity contribution in [3.8, 4) is 0 Å². The lowest BCUT2D eigenvalue weighted by Crippen LogP contribution is -2.41. The van der Waals surface area contributed by atoms with E-state index < -0.39 is 11.7 Å². The second-order valence-corrected chi connectivity index (χ2v) is 9.52. The fourth-order valence-electron chi connectivity index (χ4n) is 4.30. The number of hydrogen-bond donors (Lipinski definition) is 3. The highest BCUT2D eigenvalue weighted by atomic mass is 16.6. The quantitative estimate of drug-likeness (QED) is 0.379. The molecule has 0 fully saturated rings. The van der Waals surface area contributed by atoms with E-state index in [1.165, 1.54) is 5.56 Å². The summed E-state index contributed by atoms with van der Waals surface area (Å²) in [6.45, 7) is 7.07. The van der Waals surface area contributed by atoms with Crippen LogP contribution in [0.2, 0.25) is 0 Å². The molecule has 0 bridgehead atoms. The summed E-state index contributed by atoms with van der Waals surface area (Å²) in [5, 5.41) is 2.49. The van der Waals surface area contributed by atoms with Crippen LogP contribution in [-0.2, 0) is 17.7 Å². The maximum absolute atomic E-state index is 12.0. The number of nitrogens with zero attached hydrogens (tertiary/aromatic N) is 4. The molecule has 0 radical (unpaired) electrons. The Morgan fingerprint density at radius 2 is 2.12 bits per heavy atom. The van der Waals surface area contributed by atoms with Crippen LogP contribution in [0.15, 0.2) is 47.6 Å². The Morgan fingerprint density at radius 3 is 2.91 bits per heavy atom. The largest absolute Gasteiger partial charge is 0.444 e. The molecule has 0 saturated heterocycles. The zero-order valence-corrected chi connectivity index (χ0v) is 20.0. The summed E-state index contributed by atoms with van der Waals surface area (Å²) in [4.78, 5) is 31.6. The number of nitrogens with two attached hydrogens (primary N) is 1. The zero-order chi connectivity index (χ0) is 24.1. The standard InChI is InChI=1S/C25H33N7O2/c1-25(2,3)34-24(33)31-23(26)28-14-15-32(16-21-29-18-10-4-5-11-19(18)30-21)20-12-6-8-17-9-7-13-27-22(17)20/h4-5,7,9-11,13,20H,6,8,12,14-16H2,1-3H3,(H,29,30)(H3,26,28,31,33). The highest BCUT2D eigenvalue weighted by Crippen LogP contribution is 2.33. The number of benzene rings is 1. The molecule has 0 aliphatic heterocycles. The number of nitrogens with one attached hydrogen (secondary N) is 2. The number of aryl methyl sites for hydroxylation is 1. The van der Waals surface area contributed by atoms with Crippen LogP contribution in [0.3, 0.4) is 0 Å². The van der Waals surface area contributed by atoms with Crippen molar-refractivity contribution in [3.63, 3.8) is 0 Å². The number of ether oxygens (including phenoxy) is 1. The minimum Gasteiger partial charge on any atom is -0.444 e. The average molecular weight is 464 g/mol. The van der Waals surface area contributed by atoms with Gasteiger partial charge in [-0.05, 0) is 63.8 Å². The SMILES string of the molecule is CC(C)(C)OC(=O)NC(N)=NCCN(Cc1nc2ccccc2[nH]1)C1CCCc2cccnc21. The van der Waals surface area contributed by atoms with E-state index in [2.05, 4.69) is 26.3 Å². The van der Waals surface area contributed by atoms with E-state index in [9.17, 15) is 4.79 Å². The maximum atomic E-state index is 12.0. The van der Waals surface area contributed by atoms with Crippen molar-refractivity contribution in [1.29, 1.82) is 0 Å². The van der Waals surface area contributed by atoms with Crippen LogP contribution < -0.4 is 11.1 Å². The molecule has 2 heterocycles. The van der Waals surface area contributed by atoms with E-state index in [4.69, 9.17) is 20.4 Å². The van der Waals surface area contributed by atoms with E-state index in [0.717, 1.165) is 41.8 Å². The maximum Gasteiger partial charge on any atom is 0.414 e. The zero-order valence-electron chi connectivity index (χ0n) is 20.0. The summed E-state index contributed by atoms with van der Waals surface area (Å²) in [6.07, 6.45) is 4.41. The monoisotopic (exact) mass is 463 g/mol. The Bertz CT molecular complexity index is 1130. The summed E-state index contributed by atoms with van der Waals surface area (Å²) in [5.41, 5.74) is 9.70. The summed E-state index contributed by atoms with van der Waals surface area (Å²) < 4.78 is 5.24. The lowest BCUT2D eigenvalue weighted by Gasteiger charge is -2.34. The Labute approximate surface area is 199 Å². The first-order valence-electron chi connectivity index (χ1n) is 11.7. The first kappa shape index (κ1) is 23.7. The smallest absolute Gasteiger partial charge is 0.414 e. The van der Waals surface area contributed by atoms with Gasteiger partial charge in [0.05, 0.1) is 35.9 Å². The first-order chi connectivity index (χ1) is 16.3. The van der Waals surface area contributed by atoms with E-state index in [1.807, 2.05) is 36.5 Å². The molecule has 1 atom stereocenters. The molecule has 1 aliphatic carbocycles. The predicted octanol–water partition coefficient (Wildman–Crippen LogP) is 3.68. The van der Waals surface area contributed by atoms with Crippen molar-refractivity contribution < 1.29 is 9.53 Å². The highest BCUT2D eigenvalue weighted by Gasteiger charge is 2.27. The van der Waals surface area contributed by atoms with Gasteiger partial charge in [0.2, 0.25) is 0 Å². The number of carbonyl (C=O) groups excluding carboxylic acids is 1. The fourth-order valence-corrected chi connectivity index (χ4v) is 4.30. The molecule has 4 N–H and O–H groups in total. The van der Waals surface area contributed by atoms with Crippen LogP contribution in [0.25, 0.3) is 11.0 Å². The number of aromatic amines is 1. The molecule has 1 unspecified atom stereocenters. The van der Waals surface area contributed by atoms with Gasteiger partial charge in [-0.2, -0.15) is 0 Å². The van der Waals surface area contributed by atoms with E-state index in [-0.39, 0.29) is 12.0 Å². The molecule has 34 heavy (non-hydrogen) atoms. The van der Waals surface area contributed by atoms with Crippen LogP contribution in [0.4, 0.5) is 4.79 Å². The number of amides is 1. The van der Waals surface area contributed by atoms with Crippen LogP contribution in [-0.4, -0.2) is 50.6 Å². The Hall–Kier alpha value is -3.46. The molecule has 1 aliphatic rings. The minimum atomic E-state index is -0.613. The van der Waals surface area contributed by atoms with Gasteiger partial charge in [0.25, 0.3) is 0 Å². The summed E-state index contributed by atoms with van der Waals surface area (Å²) in [6, 6.07) is 12.3. The topological polar surface area (TPSA) is 122 Å². The van der Waals surface area contributed by atoms with Crippen molar-refractivity contribution in [2.45, 2.75) is 58.2 Å². The predicted molar refractivity (Wildman–Crippen MR) is 132 cm³/mol. The molecular formula is C25H33N7O2. The normalized spacial score (nSPS) is 16.5. The van der Waals surface area contributed by atoms with Gasteiger partial charge in [0, 0.05) is 12.7 Å². The second-order valence-electron chi connectivity index (χ2n) is 9.52.